The molecule has 3 rings (SSSR count). The van der Waals surface area contributed by atoms with E-state index in [1.54, 1.807) is 32.4 Å². The highest BCUT2D eigenvalue weighted by molar-refractivity contribution is 4.85. The lowest BCUT2D eigenvalue weighted by molar-refractivity contribution is 0.00531. The molecule has 0 spiro atoms. The Kier molecular flexibility index (Phi) is 21.2. The Hall–Kier alpha value is -2.66. The summed E-state index contributed by atoms with van der Waals surface area (Å²) in [5.41, 5.74) is 0.271. The lowest BCUT2D eigenvalue weighted by Crippen LogP contribution is -2.24. The predicted octanol–water partition coefficient (Wildman–Crippen LogP) is 8.00. The van der Waals surface area contributed by atoms with Crippen molar-refractivity contribution in [2.75, 3.05) is 13.7 Å². The Morgan fingerprint density at radius 1 is 0.636 bits per heavy atom. The van der Waals surface area contributed by atoms with Crippen molar-refractivity contribution in [1.29, 1.82) is 0 Å². The average Bonchev–Trinajstić information content (AvgIpc) is 3.62. The monoisotopic (exact) mass is 624 g/mol. The number of hydrogen-bond donors (Lipinski definition) is 0. The summed E-state index contributed by atoms with van der Waals surface area (Å²) in [4.78, 5) is 11.9. The Morgan fingerprint density at radius 2 is 1.11 bits per heavy atom. The van der Waals surface area contributed by atoms with E-state index >= 15 is 0 Å². The molecule has 0 fully saturated rings. The molecule has 3 aromatic rings. The van der Waals surface area contributed by atoms with Crippen LogP contribution in [0.3, 0.4) is 0 Å². The maximum absolute atomic E-state index is 5.23. The number of methoxy groups -OCH3 is 1. The fraction of sp³-hybridized carbons (Fsp3) is 0.818. The van der Waals surface area contributed by atoms with Crippen LogP contribution in [0.2, 0.25) is 0 Å². The zero-order chi connectivity index (χ0) is 35.6. The van der Waals surface area contributed by atoms with Crippen molar-refractivity contribution >= 4 is 0 Å². The van der Waals surface area contributed by atoms with Crippen LogP contribution >= 0.6 is 0 Å². The molecule has 258 valence electrons. The predicted molar refractivity (Wildman–Crippen MR) is 184 cm³/mol. The molecule has 0 saturated carbocycles. The van der Waals surface area contributed by atoms with E-state index in [-0.39, 0.29) is 27.8 Å². The van der Waals surface area contributed by atoms with Crippen molar-refractivity contribution in [1.82, 2.24) is 44.3 Å². The van der Waals surface area contributed by atoms with Crippen LogP contribution in [-0.2, 0) is 26.1 Å². The van der Waals surface area contributed by atoms with Crippen molar-refractivity contribution in [3.05, 3.63) is 37.0 Å². The zero-order valence-electron chi connectivity index (χ0n) is 32.4. The largest absolute Gasteiger partial charge is 0.379 e. The fourth-order valence-corrected chi connectivity index (χ4v) is 2.61. The third-order valence-electron chi connectivity index (χ3n) is 4.94. The molecule has 0 saturated heterocycles. The standard InChI is InChI=1S/2C7H13N3.C6H11N3.C6H14O.C5H12O.C2H6/c1-6-8-5-10(9-6)7(2,3)4;1-6-8-5-9-10(6)7(2,3)4;1-6(2,3)9-5-7-4-8-9;1-5-7-6(2,3)4;1-5(2,3)6-4;1-2/h2*5H,1-4H3;4-5H,1-3H3;5H2,1-4H3;1-4H3;1-2H3. The van der Waals surface area contributed by atoms with Crippen LogP contribution in [-0.4, -0.2) is 69.2 Å². The van der Waals surface area contributed by atoms with E-state index in [9.17, 15) is 0 Å². The molecule has 0 N–H and O–H groups in total. The van der Waals surface area contributed by atoms with Crippen LogP contribution < -0.4 is 0 Å². The summed E-state index contributed by atoms with van der Waals surface area (Å²) >= 11 is 0. The second-order valence-electron chi connectivity index (χ2n) is 14.7. The second kappa shape index (κ2) is 20.4. The minimum atomic E-state index is 0.0417. The Labute approximate surface area is 270 Å². The van der Waals surface area contributed by atoms with Gasteiger partial charge in [-0.25, -0.2) is 29.0 Å². The van der Waals surface area contributed by atoms with Gasteiger partial charge in [-0.1, -0.05) is 13.8 Å². The minimum absolute atomic E-state index is 0.0417. The molecule has 0 aliphatic carbocycles. The van der Waals surface area contributed by atoms with Gasteiger partial charge in [-0.3, -0.25) is 0 Å². The van der Waals surface area contributed by atoms with Gasteiger partial charge in [-0.05, 0) is 125 Å². The van der Waals surface area contributed by atoms with E-state index in [0.717, 1.165) is 18.3 Å². The highest BCUT2D eigenvalue weighted by Gasteiger charge is 2.15. The third-order valence-corrected chi connectivity index (χ3v) is 4.94. The van der Waals surface area contributed by atoms with Gasteiger partial charge in [0.1, 0.15) is 37.0 Å². The van der Waals surface area contributed by atoms with E-state index in [1.165, 1.54) is 0 Å². The van der Waals surface area contributed by atoms with E-state index < -0.39 is 0 Å². The summed E-state index contributed by atoms with van der Waals surface area (Å²) in [6, 6.07) is 0. The van der Waals surface area contributed by atoms with Crippen molar-refractivity contribution < 1.29 is 9.47 Å². The molecule has 0 atom stereocenters. The maximum atomic E-state index is 5.23. The van der Waals surface area contributed by atoms with Gasteiger partial charge in [-0.15, -0.1) is 0 Å². The normalized spacial score (nSPS) is 11.6. The Balaban J connectivity index is -0.000000477. The molecule has 11 nitrogen and oxygen atoms in total. The van der Waals surface area contributed by atoms with Crippen LogP contribution in [0.15, 0.2) is 25.3 Å². The molecule has 0 aliphatic rings. The van der Waals surface area contributed by atoms with E-state index in [2.05, 4.69) is 113 Å². The van der Waals surface area contributed by atoms with Crippen LogP contribution in [0, 0.1) is 13.8 Å². The number of ether oxygens (including phenoxy) is 2. The highest BCUT2D eigenvalue weighted by Crippen LogP contribution is 2.13. The number of rotatable bonds is 1. The molecular formula is C33H69N9O2. The fourth-order valence-electron chi connectivity index (χ4n) is 2.61. The molecular weight excluding hydrogens is 554 g/mol. The van der Waals surface area contributed by atoms with Crippen LogP contribution in [0.25, 0.3) is 0 Å². The molecule has 11 heteroatoms. The van der Waals surface area contributed by atoms with Crippen molar-refractivity contribution in [3.8, 4) is 0 Å². The van der Waals surface area contributed by atoms with E-state index in [0.29, 0.717) is 0 Å². The smallest absolute Gasteiger partial charge is 0.147 e. The lowest BCUT2D eigenvalue weighted by atomic mass is 10.1. The van der Waals surface area contributed by atoms with Crippen molar-refractivity contribution in [2.24, 2.45) is 0 Å². The van der Waals surface area contributed by atoms with Gasteiger partial charge >= 0.3 is 0 Å². The van der Waals surface area contributed by atoms with Gasteiger partial charge in [0.05, 0.1) is 27.8 Å². The van der Waals surface area contributed by atoms with E-state index in [4.69, 9.17) is 9.47 Å². The summed E-state index contributed by atoms with van der Waals surface area (Å²) in [7, 11) is 1.71. The molecule has 0 aromatic carbocycles. The molecule has 3 aromatic heterocycles. The van der Waals surface area contributed by atoms with Crippen LogP contribution in [0.4, 0.5) is 0 Å². The molecule has 3 heterocycles. The molecule has 0 aliphatic heterocycles. The van der Waals surface area contributed by atoms with Crippen LogP contribution in [0.5, 0.6) is 0 Å². The lowest BCUT2D eigenvalue weighted by Gasteiger charge is -2.19. The maximum Gasteiger partial charge on any atom is 0.147 e. The third kappa shape index (κ3) is 24.7. The molecule has 0 unspecified atom stereocenters. The van der Waals surface area contributed by atoms with Gasteiger partial charge in [0.2, 0.25) is 0 Å². The topological polar surface area (TPSA) is 111 Å². The van der Waals surface area contributed by atoms with Gasteiger partial charge in [-0.2, -0.15) is 15.3 Å². The number of nitrogens with zero attached hydrogens (tertiary/aromatic N) is 9. The summed E-state index contributed by atoms with van der Waals surface area (Å²) in [5, 5.41) is 12.3. The molecule has 44 heavy (non-hydrogen) atoms. The molecule has 0 bridgehead atoms. The second-order valence-corrected chi connectivity index (χ2v) is 14.7. The number of aryl methyl sites for hydroxylation is 2. The zero-order valence-corrected chi connectivity index (χ0v) is 32.4. The SMILES string of the molecule is CC.CC(C)(C)n1cncn1.CCOC(C)(C)C.COC(C)(C)C.Cc1ncn(C(C)(C)C)n1.Cc1ncnn1C(C)(C)C. The summed E-state index contributed by atoms with van der Waals surface area (Å²) < 4.78 is 15.8. The first-order valence-electron chi connectivity index (χ1n) is 15.5. The van der Waals surface area contributed by atoms with Gasteiger partial charge in [0.15, 0.2) is 0 Å². The minimum Gasteiger partial charge on any atom is -0.379 e. The first-order chi connectivity index (χ1) is 19.7. The first kappa shape index (κ1) is 45.8. The summed E-state index contributed by atoms with van der Waals surface area (Å²) in [6.07, 6.45) is 6.61. The highest BCUT2D eigenvalue weighted by atomic mass is 16.5. The quantitative estimate of drug-likeness (QED) is 0.268. The average molecular weight is 624 g/mol. The van der Waals surface area contributed by atoms with Gasteiger partial charge < -0.3 is 9.47 Å². The summed E-state index contributed by atoms with van der Waals surface area (Å²) in [6.45, 7) is 41.7. The van der Waals surface area contributed by atoms with Crippen molar-refractivity contribution in [3.63, 3.8) is 0 Å². The molecule has 0 amide bonds. The Morgan fingerprint density at radius 3 is 1.25 bits per heavy atom. The Bertz CT molecular complexity index is 1070. The number of aromatic nitrogens is 9. The molecule has 0 radical (unpaired) electrons. The number of hydrogen-bond acceptors (Lipinski definition) is 8. The van der Waals surface area contributed by atoms with Crippen LogP contribution in [0.1, 0.15) is 136 Å². The van der Waals surface area contributed by atoms with Crippen molar-refractivity contribution in [2.45, 2.75) is 166 Å². The summed E-state index contributed by atoms with van der Waals surface area (Å²) in [5.74, 6) is 1.79. The van der Waals surface area contributed by atoms with Gasteiger partial charge in [0, 0.05) is 13.7 Å². The van der Waals surface area contributed by atoms with Gasteiger partial charge in [0.25, 0.3) is 0 Å². The first-order valence-corrected chi connectivity index (χ1v) is 15.5. The van der Waals surface area contributed by atoms with E-state index in [1.807, 2.05) is 69.4 Å².